The van der Waals surface area contributed by atoms with Crippen LogP contribution in [0.3, 0.4) is 0 Å². The molecular formula is C26H26IrN3Si-. The molecule has 1 aliphatic rings. The van der Waals surface area contributed by atoms with Crippen molar-refractivity contribution in [1.82, 2.24) is 14.1 Å². The van der Waals surface area contributed by atoms with E-state index in [1.165, 1.54) is 21.6 Å². The van der Waals surface area contributed by atoms with Crippen molar-refractivity contribution >= 4 is 19.0 Å². The number of hydrogen-bond donors (Lipinski definition) is 0. The van der Waals surface area contributed by atoms with Gasteiger partial charge in [0.05, 0.1) is 8.07 Å². The van der Waals surface area contributed by atoms with E-state index in [9.17, 15) is 0 Å². The van der Waals surface area contributed by atoms with Crippen molar-refractivity contribution in [1.29, 1.82) is 0 Å². The minimum absolute atomic E-state index is 0. The van der Waals surface area contributed by atoms with Gasteiger partial charge >= 0.3 is 0 Å². The van der Waals surface area contributed by atoms with Crippen LogP contribution in [0.2, 0.25) is 13.1 Å². The van der Waals surface area contributed by atoms with E-state index in [4.69, 9.17) is 0 Å². The molecule has 0 spiro atoms. The number of pyridine rings is 1. The maximum atomic E-state index is 4.22. The fourth-order valence-corrected chi connectivity index (χ4v) is 6.40. The van der Waals surface area contributed by atoms with E-state index in [0.717, 1.165) is 11.3 Å². The van der Waals surface area contributed by atoms with Gasteiger partial charge in [0.1, 0.15) is 18.7 Å². The molecule has 0 aliphatic carbocycles. The van der Waals surface area contributed by atoms with E-state index in [1.807, 2.05) is 48.5 Å². The van der Waals surface area contributed by atoms with E-state index in [-0.39, 0.29) is 20.1 Å². The molecule has 5 heteroatoms. The normalized spacial score (nSPS) is 13.7. The third-order valence-electron chi connectivity index (χ3n) is 5.74. The second-order valence-electron chi connectivity index (χ2n) is 8.03. The summed E-state index contributed by atoms with van der Waals surface area (Å²) in [6.45, 7) is 7.13. The molecule has 0 unspecified atom stereocenters. The molecule has 2 aromatic carbocycles. The van der Waals surface area contributed by atoms with Crippen LogP contribution in [-0.4, -0.2) is 22.2 Å². The van der Waals surface area contributed by atoms with Gasteiger partial charge in [0.25, 0.3) is 0 Å². The van der Waals surface area contributed by atoms with Gasteiger partial charge in [-0.2, -0.15) is 0 Å². The maximum Gasteiger partial charge on any atom is 0.146 e. The number of nitrogens with zero attached hydrogens (tertiary/aromatic N) is 3. The molecule has 3 nitrogen and oxygen atoms in total. The molecule has 4 aromatic rings. The number of imidazole rings is 1. The molecule has 5 rings (SSSR count). The average Bonchev–Trinajstić information content (AvgIpc) is 3.29. The van der Waals surface area contributed by atoms with Gasteiger partial charge in [-0.05, 0) is 17.5 Å². The Morgan fingerprint density at radius 3 is 2.35 bits per heavy atom. The first-order valence-electron chi connectivity index (χ1n) is 10.1. The molecule has 1 aliphatic heterocycles. The second kappa shape index (κ2) is 9.69. The monoisotopic (exact) mass is 601 g/mol. The molecule has 0 fully saturated rings. The van der Waals surface area contributed by atoms with Crippen LogP contribution in [0.4, 0.5) is 0 Å². The molecular weight excluding hydrogens is 575 g/mol. The van der Waals surface area contributed by atoms with E-state index in [0.29, 0.717) is 0 Å². The van der Waals surface area contributed by atoms with Gasteiger partial charge in [-0.15, -0.1) is 76.1 Å². The Hall–Kier alpha value is -2.59. The second-order valence-corrected chi connectivity index (χ2v) is 12.6. The Balaban J connectivity index is 0.000000183. The largest absolute Gasteiger partial charge is 0.305 e. The summed E-state index contributed by atoms with van der Waals surface area (Å²) in [7, 11) is 0.573. The van der Waals surface area contributed by atoms with Gasteiger partial charge in [0.15, 0.2) is 0 Å². The quantitative estimate of drug-likeness (QED) is 0.229. The molecule has 1 radical (unpaired) electrons. The van der Waals surface area contributed by atoms with E-state index >= 15 is 0 Å². The summed E-state index contributed by atoms with van der Waals surface area (Å²) < 4.78 is 4.31. The van der Waals surface area contributed by atoms with E-state index in [1.54, 1.807) is 6.20 Å². The van der Waals surface area contributed by atoms with Crippen molar-refractivity contribution < 1.29 is 20.1 Å². The summed E-state index contributed by atoms with van der Waals surface area (Å²) in [5.74, 6) is 0. The molecule has 0 saturated carbocycles. The van der Waals surface area contributed by atoms with Gasteiger partial charge in [0, 0.05) is 33.3 Å². The molecule has 0 saturated heterocycles. The summed E-state index contributed by atoms with van der Waals surface area (Å²) in [5.41, 5.74) is 4.64. The molecule has 0 bridgehead atoms. The van der Waals surface area contributed by atoms with Gasteiger partial charge in [0.2, 0.25) is 0 Å². The smallest absolute Gasteiger partial charge is 0.146 e. The Labute approximate surface area is 199 Å². The van der Waals surface area contributed by atoms with Crippen LogP contribution in [-0.2, 0) is 27.2 Å². The summed E-state index contributed by atoms with van der Waals surface area (Å²) >= 11 is 0. The zero-order valence-corrected chi connectivity index (χ0v) is 21.7. The van der Waals surface area contributed by atoms with Gasteiger partial charge in [-0.25, -0.2) is 0 Å². The number of rotatable bonds is 2. The number of aryl methyl sites for hydroxylation is 1. The number of benzene rings is 2. The average molecular weight is 601 g/mol. The zero-order chi connectivity index (χ0) is 21.1. The number of fused-ring (bicyclic) bond motifs is 1. The van der Waals surface area contributed by atoms with Crippen LogP contribution >= 0.6 is 0 Å². The summed E-state index contributed by atoms with van der Waals surface area (Å²) in [6, 6.07) is 26.7. The number of aromatic nitrogens is 3. The topological polar surface area (TPSA) is 22.8 Å². The molecule has 159 valence electrons. The Kier molecular flexibility index (Phi) is 7.21. The molecule has 0 amide bonds. The van der Waals surface area contributed by atoms with Gasteiger partial charge in [-0.1, -0.05) is 32.2 Å². The maximum absolute atomic E-state index is 4.22. The predicted octanol–water partition coefficient (Wildman–Crippen LogP) is 5.20. The first kappa shape index (κ1) is 23.1. The van der Waals surface area contributed by atoms with Gasteiger partial charge in [-0.3, -0.25) is 9.13 Å². The Morgan fingerprint density at radius 1 is 0.935 bits per heavy atom. The van der Waals surface area contributed by atoms with Crippen molar-refractivity contribution in [2.45, 2.75) is 20.0 Å². The number of allylic oxidation sites excluding steroid dienone is 1. The molecule has 31 heavy (non-hydrogen) atoms. The molecule has 3 heterocycles. The van der Waals surface area contributed by atoms with E-state index < -0.39 is 8.07 Å². The third-order valence-corrected chi connectivity index (χ3v) is 9.61. The van der Waals surface area contributed by atoms with Gasteiger partial charge < -0.3 is 4.98 Å². The van der Waals surface area contributed by atoms with Crippen molar-refractivity contribution in [2.75, 3.05) is 0 Å². The molecule has 2 aromatic heterocycles. The fraction of sp³-hybridized carbons (Fsp3) is 0.154. The first-order chi connectivity index (χ1) is 14.5. The third kappa shape index (κ3) is 4.69. The molecule has 0 N–H and O–H groups in total. The van der Waals surface area contributed by atoms with Crippen molar-refractivity contribution in [2.24, 2.45) is 7.05 Å². The summed E-state index contributed by atoms with van der Waals surface area (Å²) in [5, 5.41) is 3.05. The Morgan fingerprint density at radius 2 is 1.71 bits per heavy atom. The predicted molar refractivity (Wildman–Crippen MR) is 127 cm³/mol. The standard InChI is InChI=1S/C15H18N2Si.C11H8N.Ir/c1-12-15(17-10-9-16(2)11-17)13-7-5-6-8-14(13)18(12,3)4;1-2-6-10(7-3-1)11-8-4-5-9-12-11;/h5-6,8-11H,1-4H3;1-6,8-9H;/q;-1;. The zero-order valence-electron chi connectivity index (χ0n) is 18.3. The summed E-state index contributed by atoms with van der Waals surface area (Å²) in [6.07, 6.45) is 8.12. The van der Waals surface area contributed by atoms with Crippen molar-refractivity contribution in [3.05, 3.63) is 108 Å². The van der Waals surface area contributed by atoms with Crippen LogP contribution in [0.15, 0.2) is 90.8 Å². The van der Waals surface area contributed by atoms with Crippen LogP contribution in [0.5, 0.6) is 0 Å². The first-order valence-corrected chi connectivity index (χ1v) is 13.1. The van der Waals surface area contributed by atoms with Crippen molar-refractivity contribution in [3.63, 3.8) is 0 Å². The minimum Gasteiger partial charge on any atom is -0.305 e. The minimum atomic E-state index is -1.48. The van der Waals surface area contributed by atoms with Crippen molar-refractivity contribution in [3.8, 4) is 11.3 Å². The van der Waals surface area contributed by atoms with Crippen LogP contribution in [0.1, 0.15) is 12.5 Å². The summed E-state index contributed by atoms with van der Waals surface area (Å²) in [4.78, 5) is 4.22. The van der Waals surface area contributed by atoms with Crippen LogP contribution < -0.4 is 5.19 Å². The SMILES string of the molecule is CC1=C(n2ccn(C)[cH+]2)c2[c-]cccc2[Si]1(C)C.[Ir].[c-]1ccccc1-c1ccccn1. The van der Waals surface area contributed by atoms with Crippen LogP contribution in [0, 0.1) is 12.1 Å². The van der Waals surface area contributed by atoms with E-state index in [2.05, 4.69) is 84.2 Å². The number of hydrogen-bond acceptors (Lipinski definition) is 1. The fourth-order valence-electron chi connectivity index (χ4n) is 3.82. The molecule has 0 atom stereocenters. The Bertz CT molecular complexity index is 1140. The van der Waals surface area contributed by atoms with Crippen LogP contribution in [0.25, 0.3) is 17.0 Å².